The lowest BCUT2D eigenvalue weighted by Crippen LogP contribution is -2.09. The highest BCUT2D eigenvalue weighted by Crippen LogP contribution is 2.35. The molecule has 1 aliphatic heterocycles. The molecule has 0 amide bonds. The zero-order valence-electron chi connectivity index (χ0n) is 13.7. The van der Waals surface area contributed by atoms with Crippen LogP contribution in [0.3, 0.4) is 0 Å². The normalized spacial score (nSPS) is 16.6. The minimum atomic E-state index is -0.753. The number of carbonyl (C=O) groups is 1. The number of unbranched alkanes of at least 4 members (excludes halogenated alkanes) is 10. The second kappa shape index (κ2) is 16.3. The lowest BCUT2D eigenvalue weighted by Gasteiger charge is -2.00. The average molecular weight is 333 g/mol. The molecule has 0 aromatic heterocycles. The fraction of sp³-hybridized carbons (Fsp3) is 0.824. The predicted molar refractivity (Wildman–Crippen MR) is 97.9 cm³/mol. The van der Waals surface area contributed by atoms with Crippen LogP contribution in [-0.4, -0.2) is 16.3 Å². The van der Waals surface area contributed by atoms with E-state index in [9.17, 15) is 4.79 Å². The third kappa shape index (κ3) is 14.6. The first-order valence-electron chi connectivity index (χ1n) is 8.44. The van der Waals surface area contributed by atoms with Crippen molar-refractivity contribution in [2.45, 2.75) is 89.7 Å². The first-order chi connectivity index (χ1) is 10.2. The number of hydrogen-bond acceptors (Lipinski definition) is 3. The Morgan fingerprint density at radius 3 is 1.57 bits per heavy atom. The van der Waals surface area contributed by atoms with E-state index in [1.54, 1.807) is 11.5 Å². The molecule has 1 heterocycles. The molecule has 0 aromatic rings. The third-order valence-electron chi connectivity index (χ3n) is 3.42. The Morgan fingerprint density at radius 2 is 1.33 bits per heavy atom. The van der Waals surface area contributed by atoms with Crippen molar-refractivity contribution in [2.75, 3.05) is 0 Å². The first kappa shape index (κ1) is 20.9. The molecule has 2 nitrogen and oxygen atoms in total. The van der Waals surface area contributed by atoms with Gasteiger partial charge in [-0.2, -0.15) is 0 Å². The molecule has 0 saturated heterocycles. The van der Waals surface area contributed by atoms with E-state index < -0.39 is 5.97 Å². The van der Waals surface area contributed by atoms with Crippen molar-refractivity contribution < 1.29 is 9.90 Å². The first-order valence-corrected chi connectivity index (χ1v) is 10.7. The minimum Gasteiger partial charge on any atom is -0.480 e. The highest BCUT2D eigenvalue weighted by atomic mass is 33.1. The summed E-state index contributed by atoms with van der Waals surface area (Å²) in [5.41, 5.74) is 0. The molecule has 0 saturated carbocycles. The smallest absolute Gasteiger partial charge is 0.321 e. The molecular formula is C17H32O2S2. The van der Waals surface area contributed by atoms with Crippen molar-refractivity contribution in [1.29, 1.82) is 0 Å². The van der Waals surface area contributed by atoms with E-state index in [0.29, 0.717) is 0 Å². The molecule has 0 aliphatic carbocycles. The van der Waals surface area contributed by atoms with Crippen LogP contribution < -0.4 is 0 Å². The summed E-state index contributed by atoms with van der Waals surface area (Å²) < 4.78 is 0. The molecule has 4 heteroatoms. The molecular weight excluding hydrogens is 300 g/mol. The Balaban J connectivity index is 0.000000423. The van der Waals surface area contributed by atoms with Crippen LogP contribution in [0.2, 0.25) is 0 Å². The number of carboxylic acid groups (broad SMARTS) is 1. The summed E-state index contributed by atoms with van der Waals surface area (Å²) >= 11 is 0. The zero-order chi connectivity index (χ0) is 15.8. The molecule has 1 aliphatic rings. The van der Waals surface area contributed by atoms with Crippen molar-refractivity contribution in [3.63, 3.8) is 0 Å². The maximum atomic E-state index is 10.1. The molecule has 21 heavy (non-hydrogen) atoms. The molecule has 1 rings (SSSR count). The quantitative estimate of drug-likeness (QED) is 0.339. The molecule has 0 aromatic carbocycles. The molecule has 1 atom stereocenters. The molecule has 1 N–H and O–H groups in total. The summed E-state index contributed by atoms with van der Waals surface area (Å²) in [7, 11) is 2.82. The van der Waals surface area contributed by atoms with E-state index in [0.717, 1.165) is 0 Å². The van der Waals surface area contributed by atoms with Crippen molar-refractivity contribution in [2.24, 2.45) is 0 Å². The predicted octanol–water partition coefficient (Wildman–Crippen LogP) is 6.67. The van der Waals surface area contributed by atoms with E-state index >= 15 is 0 Å². The van der Waals surface area contributed by atoms with Crippen LogP contribution >= 0.6 is 21.6 Å². The summed E-state index contributed by atoms with van der Waals surface area (Å²) in [4.78, 5) is 10.1. The summed E-state index contributed by atoms with van der Waals surface area (Å²) in [6, 6.07) is 0. The van der Waals surface area contributed by atoms with E-state index in [1.165, 1.54) is 92.2 Å². The fourth-order valence-electron chi connectivity index (χ4n) is 2.09. The zero-order valence-corrected chi connectivity index (χ0v) is 15.3. The van der Waals surface area contributed by atoms with Gasteiger partial charge in [0.05, 0.1) is 0 Å². The summed E-state index contributed by atoms with van der Waals surface area (Å²) in [5, 5.41) is 9.80. The molecule has 0 fully saturated rings. The van der Waals surface area contributed by atoms with Gasteiger partial charge in [0.15, 0.2) is 0 Å². The van der Waals surface area contributed by atoms with Gasteiger partial charge in [0.25, 0.3) is 0 Å². The number of hydrogen-bond donors (Lipinski definition) is 1. The Labute approximate surface area is 138 Å². The Morgan fingerprint density at radius 1 is 0.905 bits per heavy atom. The van der Waals surface area contributed by atoms with Crippen LogP contribution in [0.25, 0.3) is 0 Å². The van der Waals surface area contributed by atoms with Gasteiger partial charge in [-0.1, -0.05) is 112 Å². The van der Waals surface area contributed by atoms with Gasteiger partial charge < -0.3 is 5.11 Å². The second-order valence-electron chi connectivity index (χ2n) is 5.46. The highest BCUT2D eigenvalue weighted by Gasteiger charge is 2.17. The van der Waals surface area contributed by atoms with E-state index in [4.69, 9.17) is 5.11 Å². The summed E-state index contributed by atoms with van der Waals surface area (Å²) in [6.45, 7) is 4.56. The van der Waals surface area contributed by atoms with Crippen molar-refractivity contribution in [3.05, 3.63) is 11.5 Å². The minimum absolute atomic E-state index is 0.319. The molecule has 0 spiro atoms. The van der Waals surface area contributed by atoms with Gasteiger partial charge in [0, 0.05) is 0 Å². The summed E-state index contributed by atoms with van der Waals surface area (Å²) in [5.74, 6) is -0.753. The van der Waals surface area contributed by atoms with E-state index in [2.05, 4.69) is 13.8 Å². The van der Waals surface area contributed by atoms with Gasteiger partial charge in [0.2, 0.25) is 0 Å². The van der Waals surface area contributed by atoms with Crippen molar-refractivity contribution in [1.82, 2.24) is 0 Å². The van der Waals surface area contributed by atoms with Gasteiger partial charge >= 0.3 is 5.97 Å². The monoisotopic (exact) mass is 332 g/mol. The number of rotatable bonds is 11. The summed E-state index contributed by atoms with van der Waals surface area (Å²) in [6.07, 6.45) is 17.6. The van der Waals surface area contributed by atoms with Gasteiger partial charge in [0.1, 0.15) is 5.25 Å². The van der Waals surface area contributed by atoms with Gasteiger partial charge in [-0.25, -0.2) is 0 Å². The van der Waals surface area contributed by atoms with Crippen LogP contribution in [0.4, 0.5) is 0 Å². The van der Waals surface area contributed by atoms with Crippen molar-refractivity contribution in [3.8, 4) is 0 Å². The van der Waals surface area contributed by atoms with Crippen LogP contribution in [-0.2, 0) is 4.79 Å². The lowest BCUT2D eigenvalue weighted by molar-refractivity contribution is -0.135. The Hall–Kier alpha value is -0.0900. The highest BCUT2D eigenvalue weighted by molar-refractivity contribution is 8.78. The number of aliphatic carboxylic acids is 1. The van der Waals surface area contributed by atoms with Crippen LogP contribution in [0.5, 0.6) is 0 Å². The fourth-order valence-corrected chi connectivity index (χ4v) is 4.00. The van der Waals surface area contributed by atoms with Gasteiger partial charge in [-0.05, 0) is 5.41 Å². The molecule has 0 bridgehead atoms. The molecule has 124 valence electrons. The topological polar surface area (TPSA) is 37.3 Å². The van der Waals surface area contributed by atoms with Crippen LogP contribution in [0.1, 0.15) is 84.5 Å². The van der Waals surface area contributed by atoms with Crippen molar-refractivity contribution >= 4 is 27.6 Å². The molecule has 0 radical (unpaired) electrons. The molecule has 1 unspecified atom stereocenters. The maximum Gasteiger partial charge on any atom is 0.321 e. The third-order valence-corrected chi connectivity index (χ3v) is 5.65. The van der Waals surface area contributed by atoms with Crippen LogP contribution in [0, 0.1) is 0 Å². The lowest BCUT2D eigenvalue weighted by atomic mass is 10.1. The van der Waals surface area contributed by atoms with Gasteiger partial charge in [-0.3, -0.25) is 4.79 Å². The maximum absolute atomic E-state index is 10.1. The Bertz CT molecular complexity index is 258. The van der Waals surface area contributed by atoms with E-state index in [1.807, 2.05) is 0 Å². The van der Waals surface area contributed by atoms with Crippen LogP contribution in [0.15, 0.2) is 11.5 Å². The standard InChI is InChI=1S/C13H28.C4H4O2S2/c1-3-5-7-9-11-13-12-10-8-6-4-2;5-4(6)3-1-2-7-8-3/h3-13H2,1-2H3;1-3H,(H,5,6). The number of carboxylic acids is 1. The largest absolute Gasteiger partial charge is 0.480 e. The van der Waals surface area contributed by atoms with E-state index in [-0.39, 0.29) is 5.25 Å². The van der Waals surface area contributed by atoms with Gasteiger partial charge in [-0.15, -0.1) is 0 Å². The second-order valence-corrected chi connectivity index (χ2v) is 7.78. The SMILES string of the molecule is CCCCCCCCCCCCC.O=C(O)C1C=CSS1. The average Bonchev–Trinajstić information content (AvgIpc) is 3.01. The Kier molecular flexibility index (Phi) is 16.2.